The highest BCUT2D eigenvalue weighted by Crippen LogP contribution is 2.32. The molecule has 0 bridgehead atoms. The third-order valence-electron chi connectivity index (χ3n) is 1.81. The fourth-order valence-corrected chi connectivity index (χ4v) is 1.13. The number of amides is 1. The summed E-state index contributed by atoms with van der Waals surface area (Å²) in [6.45, 7) is 3.37. The summed E-state index contributed by atoms with van der Waals surface area (Å²) in [5.74, 6) is -0.814. The average Bonchev–Trinajstić information content (AvgIpc) is 2.21. The van der Waals surface area contributed by atoms with Crippen molar-refractivity contribution < 1.29 is 14.8 Å². The van der Waals surface area contributed by atoms with Crippen LogP contribution in [0.1, 0.15) is 6.42 Å². The van der Waals surface area contributed by atoms with Gasteiger partial charge in [0.1, 0.15) is 5.75 Å². The Balaban J connectivity index is 3.06. The zero-order valence-electron chi connectivity index (χ0n) is 8.34. The number of nitrogens with one attached hydrogen (secondary N) is 1. The second-order valence-corrected chi connectivity index (χ2v) is 2.97. The Kier molecular flexibility index (Phi) is 3.60. The van der Waals surface area contributed by atoms with Gasteiger partial charge in [0.15, 0.2) is 5.69 Å². The molecule has 1 rings (SSSR count). The summed E-state index contributed by atoms with van der Waals surface area (Å²) in [7, 11) is 0. The molecule has 1 aromatic carbocycles. The van der Waals surface area contributed by atoms with Crippen LogP contribution in [-0.4, -0.2) is 15.9 Å². The van der Waals surface area contributed by atoms with E-state index in [4.69, 9.17) is 0 Å². The first-order chi connectivity index (χ1) is 7.56. The van der Waals surface area contributed by atoms with Gasteiger partial charge in [0.05, 0.1) is 4.92 Å². The highest BCUT2D eigenvalue weighted by molar-refractivity contribution is 5.95. The summed E-state index contributed by atoms with van der Waals surface area (Å²) in [5, 5.41) is 22.3. The van der Waals surface area contributed by atoms with Gasteiger partial charge in [-0.25, -0.2) is 0 Å². The van der Waals surface area contributed by atoms with Crippen molar-refractivity contribution >= 4 is 17.3 Å². The summed E-state index contributed by atoms with van der Waals surface area (Å²) in [6, 6.07) is 3.79. The second-order valence-electron chi connectivity index (χ2n) is 2.97. The fraction of sp³-hybridized carbons (Fsp3) is 0.100. The van der Waals surface area contributed by atoms with Crippen LogP contribution in [0.15, 0.2) is 30.9 Å². The van der Waals surface area contributed by atoms with Crippen molar-refractivity contribution in [3.05, 3.63) is 41.0 Å². The monoisotopic (exact) mass is 222 g/mol. The molecule has 0 unspecified atom stereocenters. The van der Waals surface area contributed by atoms with Crippen LogP contribution in [0.2, 0.25) is 0 Å². The maximum Gasteiger partial charge on any atom is 0.296 e. The molecule has 0 radical (unpaired) electrons. The van der Waals surface area contributed by atoms with Crippen molar-refractivity contribution in [3.63, 3.8) is 0 Å². The van der Waals surface area contributed by atoms with Gasteiger partial charge in [-0.1, -0.05) is 12.1 Å². The molecule has 6 heteroatoms. The van der Waals surface area contributed by atoms with Gasteiger partial charge in [-0.15, -0.1) is 6.58 Å². The SMILES string of the molecule is C=CCC(=O)Nc1c(O)cccc1[N+](=O)[O-]. The van der Waals surface area contributed by atoms with Crippen LogP contribution in [-0.2, 0) is 4.79 Å². The van der Waals surface area contributed by atoms with Crippen molar-refractivity contribution in [2.75, 3.05) is 5.32 Å². The standard InChI is InChI=1S/C10H10N2O4/c1-2-4-9(14)11-10-7(12(15)16)5-3-6-8(10)13/h2-3,5-6,13H,1,4H2,(H,11,14). The van der Waals surface area contributed by atoms with Crippen molar-refractivity contribution in [1.29, 1.82) is 0 Å². The average molecular weight is 222 g/mol. The number of phenols is 1. The number of benzene rings is 1. The Morgan fingerprint density at radius 3 is 2.88 bits per heavy atom. The third-order valence-corrected chi connectivity index (χ3v) is 1.81. The molecule has 0 spiro atoms. The molecule has 0 aliphatic rings. The van der Waals surface area contributed by atoms with Crippen LogP contribution in [0.4, 0.5) is 11.4 Å². The summed E-state index contributed by atoms with van der Waals surface area (Å²) in [6.07, 6.45) is 1.38. The van der Waals surface area contributed by atoms with E-state index in [1.54, 1.807) is 0 Å². The van der Waals surface area contributed by atoms with Gasteiger partial charge in [-0.2, -0.15) is 0 Å². The van der Waals surface area contributed by atoms with Gasteiger partial charge < -0.3 is 10.4 Å². The molecule has 0 aliphatic carbocycles. The summed E-state index contributed by atoms with van der Waals surface area (Å²) in [5.41, 5.74) is -0.545. The summed E-state index contributed by atoms with van der Waals surface area (Å²) in [4.78, 5) is 21.2. The quantitative estimate of drug-likeness (QED) is 0.351. The van der Waals surface area contributed by atoms with E-state index < -0.39 is 10.8 Å². The molecule has 0 heterocycles. The van der Waals surface area contributed by atoms with E-state index in [2.05, 4.69) is 11.9 Å². The van der Waals surface area contributed by atoms with Gasteiger partial charge in [0.2, 0.25) is 5.91 Å². The minimum absolute atomic E-state index is 0.0193. The number of para-hydroxylation sites is 1. The van der Waals surface area contributed by atoms with Crippen LogP contribution in [0.5, 0.6) is 5.75 Å². The van der Waals surface area contributed by atoms with Crippen molar-refractivity contribution in [3.8, 4) is 5.75 Å². The van der Waals surface area contributed by atoms with Gasteiger partial charge >= 0.3 is 0 Å². The van der Waals surface area contributed by atoms with E-state index in [0.717, 1.165) is 0 Å². The predicted octanol–water partition coefficient (Wildman–Crippen LogP) is 1.81. The third kappa shape index (κ3) is 2.57. The summed E-state index contributed by atoms with van der Waals surface area (Å²) < 4.78 is 0. The molecule has 0 saturated heterocycles. The van der Waals surface area contributed by atoms with Gasteiger partial charge in [0.25, 0.3) is 5.69 Å². The second kappa shape index (κ2) is 4.92. The Bertz CT molecular complexity index is 442. The van der Waals surface area contributed by atoms with Gasteiger partial charge in [-0.05, 0) is 6.07 Å². The number of rotatable bonds is 4. The van der Waals surface area contributed by atoms with E-state index in [1.165, 1.54) is 24.3 Å². The number of anilines is 1. The molecule has 0 aromatic heterocycles. The van der Waals surface area contributed by atoms with E-state index in [1.807, 2.05) is 0 Å². The first-order valence-corrected chi connectivity index (χ1v) is 4.43. The van der Waals surface area contributed by atoms with Crippen molar-refractivity contribution in [2.45, 2.75) is 6.42 Å². The topological polar surface area (TPSA) is 92.5 Å². The number of hydrogen-bond acceptors (Lipinski definition) is 4. The lowest BCUT2D eigenvalue weighted by Gasteiger charge is -2.06. The lowest BCUT2D eigenvalue weighted by Crippen LogP contribution is -2.11. The lowest BCUT2D eigenvalue weighted by atomic mass is 10.2. The Labute approximate surface area is 91.4 Å². The molecule has 16 heavy (non-hydrogen) atoms. The number of carbonyl (C=O) groups excluding carboxylic acids is 1. The lowest BCUT2D eigenvalue weighted by molar-refractivity contribution is -0.384. The molecular weight excluding hydrogens is 212 g/mol. The fourth-order valence-electron chi connectivity index (χ4n) is 1.13. The Morgan fingerprint density at radius 1 is 1.62 bits per heavy atom. The minimum Gasteiger partial charge on any atom is -0.505 e. The van der Waals surface area contributed by atoms with Gasteiger partial charge in [0, 0.05) is 12.5 Å². The van der Waals surface area contributed by atoms with Crippen LogP contribution in [0.3, 0.4) is 0 Å². The van der Waals surface area contributed by atoms with Crippen LogP contribution < -0.4 is 5.32 Å². The first kappa shape index (κ1) is 11.7. The van der Waals surface area contributed by atoms with E-state index in [9.17, 15) is 20.0 Å². The predicted molar refractivity (Wildman–Crippen MR) is 58.2 cm³/mol. The zero-order chi connectivity index (χ0) is 12.1. The van der Waals surface area contributed by atoms with E-state index >= 15 is 0 Å². The molecule has 0 aliphatic heterocycles. The zero-order valence-corrected chi connectivity index (χ0v) is 8.34. The molecular formula is C10H10N2O4. The van der Waals surface area contributed by atoms with E-state index in [0.29, 0.717) is 0 Å². The molecule has 84 valence electrons. The highest BCUT2D eigenvalue weighted by Gasteiger charge is 2.18. The van der Waals surface area contributed by atoms with Crippen LogP contribution in [0.25, 0.3) is 0 Å². The largest absolute Gasteiger partial charge is 0.505 e. The highest BCUT2D eigenvalue weighted by atomic mass is 16.6. The molecule has 0 saturated carbocycles. The maximum atomic E-state index is 11.2. The number of carbonyl (C=O) groups is 1. The van der Waals surface area contributed by atoms with Crippen LogP contribution >= 0.6 is 0 Å². The molecule has 2 N–H and O–H groups in total. The molecule has 0 atom stereocenters. The normalized spacial score (nSPS) is 9.50. The van der Waals surface area contributed by atoms with E-state index in [-0.39, 0.29) is 23.5 Å². The van der Waals surface area contributed by atoms with Crippen molar-refractivity contribution in [2.24, 2.45) is 0 Å². The number of nitro benzene ring substituents is 1. The molecule has 1 aromatic rings. The Hall–Kier alpha value is -2.37. The summed E-state index contributed by atoms with van der Waals surface area (Å²) >= 11 is 0. The minimum atomic E-state index is -0.677. The molecule has 0 fully saturated rings. The number of hydrogen-bond donors (Lipinski definition) is 2. The molecule has 6 nitrogen and oxygen atoms in total. The number of nitrogens with zero attached hydrogens (tertiary/aromatic N) is 1. The number of phenolic OH excluding ortho intramolecular Hbond substituents is 1. The maximum absolute atomic E-state index is 11.2. The number of nitro groups is 1. The van der Waals surface area contributed by atoms with Crippen molar-refractivity contribution in [1.82, 2.24) is 0 Å². The number of aromatic hydroxyl groups is 1. The van der Waals surface area contributed by atoms with Gasteiger partial charge in [-0.3, -0.25) is 14.9 Å². The first-order valence-electron chi connectivity index (χ1n) is 4.43. The smallest absolute Gasteiger partial charge is 0.296 e. The Morgan fingerprint density at radius 2 is 2.31 bits per heavy atom. The van der Waals surface area contributed by atoms with Crippen LogP contribution in [0, 0.1) is 10.1 Å². The molecule has 1 amide bonds.